The summed E-state index contributed by atoms with van der Waals surface area (Å²) in [4.78, 5) is 7.77. The maximum atomic E-state index is 11.8. The van der Waals surface area contributed by atoms with Gasteiger partial charge in [-0.2, -0.15) is 0 Å². The number of benzene rings is 2. The summed E-state index contributed by atoms with van der Waals surface area (Å²) in [5.74, 6) is -0.318. The van der Waals surface area contributed by atoms with E-state index in [0.29, 0.717) is 0 Å². The monoisotopic (exact) mass is 607 g/mol. The molecular weight excluding hydrogens is 572 g/mol. The summed E-state index contributed by atoms with van der Waals surface area (Å²) in [5.41, 5.74) is -2.24. The van der Waals surface area contributed by atoms with Crippen LogP contribution in [0.4, 0.5) is 0 Å². The third-order valence-electron chi connectivity index (χ3n) is 5.18. The van der Waals surface area contributed by atoms with Crippen LogP contribution in [0.5, 0.6) is 23.0 Å². The zero-order valence-electron chi connectivity index (χ0n) is 21.4. The van der Waals surface area contributed by atoms with Crippen molar-refractivity contribution in [3.8, 4) is 23.0 Å². The molecule has 2 aromatic rings. The molecule has 2 rings (SSSR count). The summed E-state index contributed by atoms with van der Waals surface area (Å²) in [6.45, 7) is -3.12. The van der Waals surface area contributed by atoms with Crippen LogP contribution in [0.2, 0.25) is 0 Å². The zero-order chi connectivity index (χ0) is 27.2. The summed E-state index contributed by atoms with van der Waals surface area (Å²) in [6.07, 6.45) is 2.43. The van der Waals surface area contributed by atoms with Gasteiger partial charge in [0, 0.05) is 12.4 Å². The van der Waals surface area contributed by atoms with Gasteiger partial charge in [0.25, 0.3) is 0 Å². The van der Waals surface area contributed by atoms with Crippen molar-refractivity contribution in [1.82, 2.24) is 0 Å². The summed E-state index contributed by atoms with van der Waals surface area (Å²) in [7, 11) is 2.77. The maximum Gasteiger partial charge on any atom is 2.00 e. The molecule has 0 saturated heterocycles. The van der Waals surface area contributed by atoms with Gasteiger partial charge in [-0.1, -0.05) is 35.8 Å². The number of ether oxygens (including phenoxy) is 2. The van der Waals surface area contributed by atoms with Gasteiger partial charge in [0.2, 0.25) is 0 Å². The molecule has 0 fully saturated rings. The Morgan fingerprint density at radius 3 is 1.15 bits per heavy atom. The van der Waals surface area contributed by atoms with E-state index >= 15 is 0 Å². The van der Waals surface area contributed by atoms with Gasteiger partial charge in [0.05, 0.1) is 53.9 Å². The van der Waals surface area contributed by atoms with Gasteiger partial charge in [0.15, 0.2) is 0 Å². The molecule has 0 bridgehead atoms. The average molecular weight is 608 g/mol. The number of rotatable bonds is 12. The third kappa shape index (κ3) is 11.1. The first-order valence-electron chi connectivity index (χ1n) is 10.7. The Bertz CT molecular complexity index is 903. The van der Waals surface area contributed by atoms with Crippen LogP contribution in [-0.4, -0.2) is 119 Å². The molecule has 15 heteroatoms. The van der Waals surface area contributed by atoms with E-state index in [1.807, 2.05) is 0 Å². The molecule has 0 heterocycles. The number of aliphatic hydroxyl groups is 6. The smallest absolute Gasteiger partial charge is 0.870 e. The van der Waals surface area contributed by atoms with Crippen LogP contribution >= 0.6 is 0 Å². The zero-order valence-corrected chi connectivity index (χ0v) is 22.3. The van der Waals surface area contributed by atoms with Crippen molar-refractivity contribution >= 4 is 12.4 Å². The van der Waals surface area contributed by atoms with Crippen LogP contribution in [0.25, 0.3) is 0 Å². The largest absolute Gasteiger partial charge is 2.00 e. The van der Waals surface area contributed by atoms with Gasteiger partial charge in [0.1, 0.15) is 22.6 Å². The van der Waals surface area contributed by atoms with E-state index in [-0.39, 0.29) is 62.1 Å². The summed E-state index contributed by atoms with van der Waals surface area (Å²) in [6, 6.07) is 9.37. The number of aliphatic hydroxyl groups excluding tert-OH is 6. The third-order valence-corrected chi connectivity index (χ3v) is 5.18. The molecule has 0 aliphatic carbocycles. The van der Waals surface area contributed by atoms with E-state index in [1.165, 1.54) is 50.9 Å². The van der Waals surface area contributed by atoms with Crippen molar-refractivity contribution in [1.29, 1.82) is 0 Å². The Kier molecular flexibility index (Phi) is 21.0. The van der Waals surface area contributed by atoms with E-state index < -0.39 is 50.7 Å². The Morgan fingerprint density at radius 1 is 0.641 bits per heavy atom. The molecular formula is C24H36CuN2O12. The minimum atomic E-state index is -1.38. The number of hydrogen-bond donors (Lipinski definition) is 6. The van der Waals surface area contributed by atoms with Crippen molar-refractivity contribution in [2.45, 2.75) is 11.1 Å². The number of methoxy groups -OCH3 is 2. The Balaban J connectivity index is -0.000000617. The van der Waals surface area contributed by atoms with Crippen molar-refractivity contribution in [2.75, 3.05) is 53.9 Å². The predicted molar refractivity (Wildman–Crippen MR) is 135 cm³/mol. The minimum absolute atomic E-state index is 0. The summed E-state index contributed by atoms with van der Waals surface area (Å²) >= 11 is 0. The van der Waals surface area contributed by atoms with Gasteiger partial charge in [-0.15, -0.1) is 0 Å². The molecule has 39 heavy (non-hydrogen) atoms. The molecule has 0 saturated carbocycles. The van der Waals surface area contributed by atoms with Gasteiger partial charge in [-0.3, -0.25) is 9.98 Å². The van der Waals surface area contributed by atoms with Crippen LogP contribution in [0.1, 0.15) is 11.1 Å². The van der Waals surface area contributed by atoms with Crippen LogP contribution in [0.15, 0.2) is 46.4 Å². The van der Waals surface area contributed by atoms with Crippen molar-refractivity contribution in [3.63, 3.8) is 0 Å². The van der Waals surface area contributed by atoms with E-state index in [2.05, 4.69) is 9.98 Å². The number of nitrogens with zero attached hydrogens (tertiary/aromatic N) is 2. The first-order valence-corrected chi connectivity index (χ1v) is 10.7. The number of aliphatic imine (C=N–C) groups is 2. The molecule has 0 atom stereocenters. The van der Waals surface area contributed by atoms with E-state index in [9.17, 15) is 10.2 Å². The number of hydrogen-bond acceptors (Lipinski definition) is 12. The first kappa shape index (κ1) is 40.7. The molecule has 0 aliphatic rings. The molecule has 0 aromatic heterocycles. The molecule has 0 amide bonds. The van der Waals surface area contributed by atoms with Crippen LogP contribution < -0.4 is 19.7 Å². The Hall–Kier alpha value is -2.82. The fourth-order valence-corrected chi connectivity index (χ4v) is 2.55. The Morgan fingerprint density at radius 2 is 0.923 bits per heavy atom. The topological polar surface area (TPSA) is 274 Å². The van der Waals surface area contributed by atoms with E-state index in [0.717, 1.165) is 0 Å². The quantitative estimate of drug-likeness (QED) is 0.101. The van der Waals surface area contributed by atoms with Gasteiger partial charge in [-0.25, -0.2) is 0 Å². The molecule has 10 N–H and O–H groups in total. The average Bonchev–Trinajstić information content (AvgIpc) is 2.92. The van der Waals surface area contributed by atoms with E-state index in [1.54, 1.807) is 12.1 Å². The van der Waals surface area contributed by atoms with Gasteiger partial charge < -0.3 is 61.3 Å². The molecule has 14 nitrogen and oxygen atoms in total. The van der Waals surface area contributed by atoms with Gasteiger partial charge in [-0.05, 0) is 23.3 Å². The Labute approximate surface area is 236 Å². The fourth-order valence-electron chi connectivity index (χ4n) is 2.55. The summed E-state index contributed by atoms with van der Waals surface area (Å²) in [5, 5.41) is 78.1. The molecule has 0 unspecified atom stereocenters. The molecule has 0 spiro atoms. The van der Waals surface area contributed by atoms with Crippen LogP contribution in [-0.2, 0) is 17.1 Å². The minimum Gasteiger partial charge on any atom is -0.870 e. The first-order chi connectivity index (χ1) is 17.2. The fraction of sp³-hybridized carbons (Fsp3) is 0.417. The van der Waals surface area contributed by atoms with Crippen molar-refractivity contribution in [2.24, 2.45) is 9.98 Å². The van der Waals surface area contributed by atoms with Crippen molar-refractivity contribution in [3.05, 3.63) is 47.5 Å². The second-order valence-electron chi connectivity index (χ2n) is 7.67. The predicted octanol–water partition coefficient (Wildman–Crippen LogP) is -3.85. The second kappa shape index (κ2) is 20.1. The normalized spacial score (nSPS) is 11.1. The number of para-hydroxylation sites is 2. The van der Waals surface area contributed by atoms with Crippen LogP contribution in [0, 0.1) is 0 Å². The standard InChI is InChI=1S/2C12H17NO5.Cu.2H2O/c2*1-18-10-4-2-3-9(11(10)17)5-13-12(6-14,7-15)8-16;;;/h2*2-5,14-17H,6-8H2,1H3;;2*1H2/q;;+2;;/p-2. The van der Waals surface area contributed by atoms with Crippen LogP contribution in [0.3, 0.4) is 0 Å². The molecule has 225 valence electrons. The molecule has 1 radical (unpaired) electrons. The maximum absolute atomic E-state index is 11.8. The molecule has 0 aliphatic heterocycles. The van der Waals surface area contributed by atoms with Gasteiger partial charge >= 0.3 is 17.1 Å². The second-order valence-corrected chi connectivity index (χ2v) is 7.67. The van der Waals surface area contributed by atoms with Crippen molar-refractivity contribution < 1.29 is 78.3 Å². The molecule has 2 aromatic carbocycles. The summed E-state index contributed by atoms with van der Waals surface area (Å²) < 4.78 is 9.75. The van der Waals surface area contributed by atoms with E-state index in [4.69, 9.17) is 40.1 Å². The SMILES string of the molecule is COc1cccc(C=NC(CO)(CO)CO)c1[O-].COc1cccc(C=NC(CO)(CO)CO)c1[O-].O.O.[Cu+2].